The number of rotatable bonds is 8. The second kappa shape index (κ2) is 12.7. The molecule has 0 saturated carbocycles. The van der Waals surface area contributed by atoms with Crippen LogP contribution in [0.3, 0.4) is 0 Å². The second-order valence-electron chi connectivity index (χ2n) is 10.3. The zero-order valence-electron chi connectivity index (χ0n) is 24.2. The normalized spacial score (nSPS) is 22.4. The molecule has 13 heteroatoms. The van der Waals surface area contributed by atoms with Crippen molar-refractivity contribution in [3.63, 3.8) is 0 Å². The summed E-state index contributed by atoms with van der Waals surface area (Å²) in [5.41, 5.74) is 2.09. The van der Waals surface area contributed by atoms with E-state index < -0.39 is 60.6 Å². The topological polar surface area (TPSA) is 153 Å². The summed E-state index contributed by atoms with van der Waals surface area (Å²) in [5, 5.41) is 13.2. The number of hydrogen-bond donors (Lipinski definition) is 1. The summed E-state index contributed by atoms with van der Waals surface area (Å²) < 4.78 is 35.3. The van der Waals surface area contributed by atoms with Gasteiger partial charge in [-0.05, 0) is 35.9 Å². The average Bonchev–Trinajstić information content (AvgIpc) is 3.58. The summed E-state index contributed by atoms with van der Waals surface area (Å²) >= 11 is 6.69. The Labute approximate surface area is 256 Å². The first kappa shape index (κ1) is 31.0. The number of fused-ring (bicyclic) bond motifs is 2. The summed E-state index contributed by atoms with van der Waals surface area (Å²) in [6, 6.07) is 12.1. The first-order valence-electron chi connectivity index (χ1n) is 13.7. The van der Waals surface area contributed by atoms with E-state index in [0.29, 0.717) is 32.6 Å². The summed E-state index contributed by atoms with van der Waals surface area (Å²) in [5.74, 6) is -2.84. The lowest BCUT2D eigenvalue weighted by Gasteiger charge is -2.44. The molecule has 1 saturated heterocycles. The Morgan fingerprint density at radius 3 is 2.27 bits per heavy atom. The third-order valence-electron chi connectivity index (χ3n) is 7.16. The van der Waals surface area contributed by atoms with Gasteiger partial charge in [0.1, 0.15) is 24.4 Å². The van der Waals surface area contributed by atoms with E-state index in [9.17, 15) is 24.3 Å². The molecule has 44 heavy (non-hydrogen) atoms. The van der Waals surface area contributed by atoms with Crippen molar-refractivity contribution >= 4 is 57.4 Å². The molecule has 2 aromatic heterocycles. The van der Waals surface area contributed by atoms with Gasteiger partial charge < -0.3 is 37.8 Å². The van der Waals surface area contributed by atoms with Crippen molar-refractivity contribution in [1.29, 1.82) is 0 Å². The number of aliphatic hydroxyl groups is 1. The first-order chi connectivity index (χ1) is 20.9. The van der Waals surface area contributed by atoms with Gasteiger partial charge in [0.05, 0.1) is 16.8 Å². The zero-order chi connectivity index (χ0) is 31.7. The number of esters is 4. The van der Waals surface area contributed by atoms with Crippen LogP contribution in [0.2, 0.25) is 5.02 Å². The lowest BCUT2D eigenvalue weighted by atomic mass is 9.97. The number of hydrogen-bond acceptors (Lipinski definition) is 11. The maximum Gasteiger partial charge on any atom is 0.303 e. The lowest BCUT2D eigenvalue weighted by Crippen LogP contribution is -2.60. The number of carbonyl (C=O) groups excluding carboxylic acids is 4. The fourth-order valence-corrected chi connectivity index (χ4v) is 5.76. The molecule has 0 amide bonds. The molecule has 0 spiro atoms. The van der Waals surface area contributed by atoms with Crippen LogP contribution in [0.1, 0.15) is 51.2 Å². The maximum absolute atomic E-state index is 12.4. The SMILES string of the molecule is CC(=O)OC[C@H]1O[C@@H](n2cc(C(O)c3ccc4occc4c3)c3c(Cl)cccc32)[C@H](OC(C)=O)[C@@H](OC(C)=O)[C@@H]1OC(C)=O. The van der Waals surface area contributed by atoms with Gasteiger partial charge in [-0.2, -0.15) is 0 Å². The molecule has 4 aromatic rings. The Kier molecular flexibility index (Phi) is 8.95. The molecule has 12 nitrogen and oxygen atoms in total. The molecule has 1 unspecified atom stereocenters. The minimum absolute atomic E-state index is 0.324. The van der Waals surface area contributed by atoms with Gasteiger partial charge in [0.15, 0.2) is 24.5 Å². The van der Waals surface area contributed by atoms with E-state index in [2.05, 4.69) is 0 Å². The van der Waals surface area contributed by atoms with Gasteiger partial charge in [-0.25, -0.2) is 0 Å². The standard InChI is InChI=1S/C31H30ClNO11/c1-15(34)40-14-25-28(41-16(2)35)29(42-17(3)36)30(43-18(4)37)31(44-25)33-13-21(26-22(32)6-5-7-23(26)33)27(38)20-8-9-24-19(12-20)10-11-39-24/h5-13,25,27-31,38H,14H2,1-4H3/t25-,27?,28-,29+,30-,31-/m1/s1. The Balaban J connectivity index is 1.67. The molecule has 6 atom stereocenters. The Bertz CT molecular complexity index is 1730. The van der Waals surface area contributed by atoms with Crippen LogP contribution in [-0.2, 0) is 42.9 Å². The monoisotopic (exact) mass is 627 g/mol. The molecule has 1 aliphatic heterocycles. The predicted octanol–water partition coefficient (Wildman–Crippen LogP) is 4.38. The number of furan rings is 1. The fraction of sp³-hybridized carbons (Fsp3) is 0.355. The smallest absolute Gasteiger partial charge is 0.303 e. The predicted molar refractivity (Wildman–Crippen MR) is 154 cm³/mol. The molecule has 1 aliphatic rings. The number of nitrogens with zero attached hydrogens (tertiary/aromatic N) is 1. The summed E-state index contributed by atoms with van der Waals surface area (Å²) in [6.07, 6.45) is -4.43. The van der Waals surface area contributed by atoms with Gasteiger partial charge in [-0.15, -0.1) is 0 Å². The molecule has 1 N–H and O–H groups in total. The Hall–Kier alpha value is -4.39. The highest BCUT2D eigenvalue weighted by atomic mass is 35.5. The molecule has 2 aromatic carbocycles. The van der Waals surface area contributed by atoms with Crippen LogP contribution >= 0.6 is 11.6 Å². The quantitative estimate of drug-likeness (QED) is 0.219. The first-order valence-corrected chi connectivity index (χ1v) is 14.1. The van der Waals surface area contributed by atoms with E-state index in [4.69, 9.17) is 39.7 Å². The van der Waals surface area contributed by atoms with E-state index >= 15 is 0 Å². The minimum Gasteiger partial charge on any atom is -0.464 e. The molecular formula is C31H30ClNO11. The van der Waals surface area contributed by atoms with Crippen molar-refractivity contribution < 1.29 is 52.4 Å². The number of halogens is 1. The number of aliphatic hydroxyl groups excluding tert-OH is 1. The molecule has 5 rings (SSSR count). The second-order valence-corrected chi connectivity index (χ2v) is 10.7. The van der Waals surface area contributed by atoms with E-state index in [1.165, 1.54) is 13.8 Å². The van der Waals surface area contributed by atoms with E-state index in [1.807, 2.05) is 0 Å². The average molecular weight is 628 g/mol. The van der Waals surface area contributed by atoms with E-state index in [1.54, 1.807) is 59.5 Å². The molecular weight excluding hydrogens is 598 g/mol. The molecule has 0 radical (unpaired) electrons. The molecule has 3 heterocycles. The van der Waals surface area contributed by atoms with Crippen molar-refractivity contribution in [3.05, 3.63) is 71.1 Å². The molecule has 1 fully saturated rings. The number of benzene rings is 2. The van der Waals surface area contributed by atoms with Gasteiger partial charge in [-0.1, -0.05) is 23.7 Å². The Morgan fingerprint density at radius 1 is 0.909 bits per heavy atom. The minimum atomic E-state index is -1.37. The number of carbonyl (C=O) groups is 4. The highest BCUT2D eigenvalue weighted by Gasteiger charge is 2.53. The van der Waals surface area contributed by atoms with Gasteiger partial charge in [0.2, 0.25) is 0 Å². The summed E-state index contributed by atoms with van der Waals surface area (Å²) in [6.45, 7) is 4.28. The third kappa shape index (κ3) is 6.28. The van der Waals surface area contributed by atoms with Crippen molar-refractivity contribution in [2.45, 2.75) is 64.4 Å². The molecule has 232 valence electrons. The van der Waals surface area contributed by atoms with Crippen LogP contribution in [0.4, 0.5) is 0 Å². The van der Waals surface area contributed by atoms with Crippen molar-refractivity contribution in [1.82, 2.24) is 4.57 Å². The van der Waals surface area contributed by atoms with Crippen LogP contribution in [0.25, 0.3) is 21.9 Å². The van der Waals surface area contributed by atoms with Crippen LogP contribution in [0.5, 0.6) is 0 Å². The van der Waals surface area contributed by atoms with Gasteiger partial charge in [0.25, 0.3) is 0 Å². The lowest BCUT2D eigenvalue weighted by molar-refractivity contribution is -0.267. The largest absolute Gasteiger partial charge is 0.464 e. The van der Waals surface area contributed by atoms with Crippen LogP contribution in [-0.4, -0.2) is 64.6 Å². The highest BCUT2D eigenvalue weighted by molar-refractivity contribution is 6.35. The van der Waals surface area contributed by atoms with Gasteiger partial charge in [0, 0.05) is 50.2 Å². The van der Waals surface area contributed by atoms with Gasteiger partial charge in [-0.3, -0.25) is 19.2 Å². The van der Waals surface area contributed by atoms with Crippen molar-refractivity contribution in [3.8, 4) is 0 Å². The van der Waals surface area contributed by atoms with Crippen LogP contribution < -0.4 is 0 Å². The molecule has 0 aliphatic carbocycles. The summed E-state index contributed by atoms with van der Waals surface area (Å²) in [7, 11) is 0. The molecule has 0 bridgehead atoms. The van der Waals surface area contributed by atoms with Crippen LogP contribution in [0.15, 0.2) is 59.3 Å². The highest BCUT2D eigenvalue weighted by Crippen LogP contribution is 2.41. The zero-order valence-corrected chi connectivity index (χ0v) is 25.0. The Morgan fingerprint density at radius 2 is 1.59 bits per heavy atom. The van der Waals surface area contributed by atoms with E-state index in [0.717, 1.165) is 19.2 Å². The van der Waals surface area contributed by atoms with Crippen molar-refractivity contribution in [2.75, 3.05) is 6.61 Å². The van der Waals surface area contributed by atoms with Gasteiger partial charge >= 0.3 is 23.9 Å². The number of aromatic nitrogens is 1. The fourth-order valence-electron chi connectivity index (χ4n) is 5.48. The number of ether oxygens (including phenoxy) is 5. The van der Waals surface area contributed by atoms with Crippen molar-refractivity contribution in [2.24, 2.45) is 0 Å². The maximum atomic E-state index is 12.4. The van der Waals surface area contributed by atoms with E-state index in [-0.39, 0.29) is 6.61 Å². The van der Waals surface area contributed by atoms with Crippen LogP contribution in [0, 0.1) is 0 Å². The third-order valence-corrected chi connectivity index (χ3v) is 7.48. The summed E-state index contributed by atoms with van der Waals surface area (Å²) in [4.78, 5) is 48.5.